The summed E-state index contributed by atoms with van der Waals surface area (Å²) in [6.45, 7) is 11.2. The third kappa shape index (κ3) is 3.81. The van der Waals surface area contributed by atoms with Crippen molar-refractivity contribution in [2.75, 3.05) is 11.4 Å². The van der Waals surface area contributed by atoms with E-state index in [0.29, 0.717) is 41.1 Å². The molecule has 0 bridgehead atoms. The highest BCUT2D eigenvalue weighted by atomic mass is 16.1. The highest BCUT2D eigenvalue weighted by molar-refractivity contribution is 5.96. The highest BCUT2D eigenvalue weighted by Gasteiger charge is 2.47. The first-order valence-electron chi connectivity index (χ1n) is 13.3. The van der Waals surface area contributed by atoms with Gasteiger partial charge in [0, 0.05) is 35.8 Å². The maximum atomic E-state index is 13.8. The molecular weight excluding hydrogens is 476 g/mol. The number of fused-ring (bicyclic) bond motifs is 4. The minimum Gasteiger partial charge on any atom is -0.328 e. The van der Waals surface area contributed by atoms with Crippen molar-refractivity contribution in [3.05, 3.63) is 81.1 Å². The number of nitrogens with two attached hydrogens (primary N) is 1. The fraction of sp³-hybridized carbons (Fsp3) is 0.400. The van der Waals surface area contributed by atoms with Crippen molar-refractivity contribution >= 4 is 22.6 Å². The quantitative estimate of drug-likeness (QED) is 0.415. The Morgan fingerprint density at radius 2 is 2.08 bits per heavy atom. The van der Waals surface area contributed by atoms with Gasteiger partial charge >= 0.3 is 0 Å². The van der Waals surface area contributed by atoms with Crippen LogP contribution in [0, 0.1) is 29.6 Å². The van der Waals surface area contributed by atoms with Gasteiger partial charge in [-0.15, -0.1) is 0 Å². The van der Waals surface area contributed by atoms with Crippen LogP contribution in [0.15, 0.2) is 58.8 Å². The lowest BCUT2D eigenvalue weighted by atomic mass is 9.71. The number of aryl methyl sites for hydroxylation is 1. The first-order chi connectivity index (χ1) is 18.2. The van der Waals surface area contributed by atoms with Gasteiger partial charge in [0.2, 0.25) is 0 Å². The molecule has 3 atom stereocenters. The summed E-state index contributed by atoms with van der Waals surface area (Å²) in [4.78, 5) is 33.4. The Morgan fingerprint density at radius 3 is 2.79 bits per heavy atom. The van der Waals surface area contributed by atoms with Crippen molar-refractivity contribution < 1.29 is 4.79 Å². The Morgan fingerprint density at radius 1 is 1.32 bits per heavy atom. The zero-order valence-corrected chi connectivity index (χ0v) is 22.7. The summed E-state index contributed by atoms with van der Waals surface area (Å²) in [5.74, 6) is 0.787. The van der Waals surface area contributed by atoms with Gasteiger partial charge in [-0.25, -0.2) is 4.98 Å². The van der Waals surface area contributed by atoms with Gasteiger partial charge in [0.1, 0.15) is 28.5 Å². The summed E-state index contributed by atoms with van der Waals surface area (Å²) in [6.07, 6.45) is 6.64. The Labute approximate surface area is 222 Å². The number of benzene rings is 1. The van der Waals surface area contributed by atoms with Crippen molar-refractivity contribution in [2.45, 2.75) is 60.2 Å². The second kappa shape index (κ2) is 9.41. The van der Waals surface area contributed by atoms with Crippen molar-refractivity contribution in [1.82, 2.24) is 14.1 Å². The molecule has 196 valence electrons. The predicted molar refractivity (Wildman–Crippen MR) is 149 cm³/mol. The van der Waals surface area contributed by atoms with Crippen LogP contribution >= 0.6 is 0 Å². The van der Waals surface area contributed by atoms with E-state index in [1.54, 1.807) is 6.07 Å². The maximum absolute atomic E-state index is 13.8. The largest absolute Gasteiger partial charge is 0.328 e. The molecule has 4 heterocycles. The van der Waals surface area contributed by atoms with Crippen LogP contribution in [0.2, 0.25) is 0 Å². The molecule has 0 saturated heterocycles. The predicted octanol–water partition coefficient (Wildman–Crippen LogP) is 4.30. The van der Waals surface area contributed by atoms with Crippen LogP contribution in [-0.4, -0.2) is 32.5 Å². The lowest BCUT2D eigenvalue weighted by molar-refractivity contribution is 0.0970. The molecule has 0 amide bonds. The number of rotatable bonds is 3. The van der Waals surface area contributed by atoms with Gasteiger partial charge in [0.15, 0.2) is 5.78 Å². The molecule has 1 aliphatic carbocycles. The first kappa shape index (κ1) is 25.7. The van der Waals surface area contributed by atoms with Crippen LogP contribution in [0.3, 0.4) is 0 Å². The van der Waals surface area contributed by atoms with Crippen molar-refractivity contribution in [1.29, 1.82) is 5.26 Å². The Bertz CT molecular complexity index is 1620. The summed E-state index contributed by atoms with van der Waals surface area (Å²) < 4.78 is 3.28. The molecule has 2 aromatic heterocycles. The summed E-state index contributed by atoms with van der Waals surface area (Å²) >= 11 is 0. The van der Waals surface area contributed by atoms with E-state index >= 15 is 0 Å². The van der Waals surface area contributed by atoms with Crippen LogP contribution in [0.25, 0.3) is 11.0 Å². The minimum absolute atomic E-state index is 0.0744. The molecule has 0 spiro atoms. The molecule has 0 fully saturated rings. The topological polar surface area (TPSA) is 110 Å². The lowest BCUT2D eigenvalue weighted by Gasteiger charge is -2.51. The Kier molecular flexibility index (Phi) is 6.36. The van der Waals surface area contributed by atoms with Crippen LogP contribution in [-0.2, 0) is 13.1 Å². The second-order valence-corrected chi connectivity index (χ2v) is 10.6. The molecule has 8 nitrogen and oxygen atoms in total. The van der Waals surface area contributed by atoms with Crippen LogP contribution < -0.4 is 16.2 Å². The molecule has 0 radical (unpaired) electrons. The van der Waals surface area contributed by atoms with E-state index in [0.717, 1.165) is 12.0 Å². The van der Waals surface area contributed by atoms with Gasteiger partial charge in [-0.3, -0.25) is 14.2 Å². The van der Waals surface area contributed by atoms with Gasteiger partial charge < -0.3 is 15.2 Å². The summed E-state index contributed by atoms with van der Waals surface area (Å²) in [5, 5.41) is 10.2. The number of hydrogen-bond donors (Lipinski definition) is 1. The average molecular weight is 511 g/mol. The number of allylic oxidation sites excluding steroid dienone is 2. The van der Waals surface area contributed by atoms with Crippen LogP contribution in [0.5, 0.6) is 0 Å². The van der Waals surface area contributed by atoms with E-state index in [4.69, 9.17) is 5.73 Å². The van der Waals surface area contributed by atoms with Crippen molar-refractivity contribution in [2.24, 2.45) is 17.1 Å². The van der Waals surface area contributed by atoms with E-state index in [9.17, 15) is 14.9 Å². The first-order valence-corrected chi connectivity index (χ1v) is 13.3. The molecule has 3 unspecified atom stereocenters. The number of carbonyl (C=O) groups excluding carboxylic acids is 1. The van der Waals surface area contributed by atoms with Crippen LogP contribution in [0.1, 0.15) is 55.6 Å². The van der Waals surface area contributed by atoms with E-state index in [1.807, 2.05) is 43.5 Å². The summed E-state index contributed by atoms with van der Waals surface area (Å²) in [5.41, 5.74) is 11.0. The van der Waals surface area contributed by atoms with Gasteiger partial charge in [-0.2, -0.15) is 5.26 Å². The number of nitrogens with zero attached hydrogens (tertiary/aromatic N) is 5. The zero-order chi connectivity index (χ0) is 27.4. The number of ketones is 1. The van der Waals surface area contributed by atoms with Crippen molar-refractivity contribution in [3.63, 3.8) is 0 Å². The monoisotopic (exact) mass is 510 g/mol. The smallest absolute Gasteiger partial charge is 0.278 e. The van der Waals surface area contributed by atoms with E-state index in [2.05, 4.69) is 42.0 Å². The standard InChI is InChI=1S/C28H28N6O2.C2H6/c1-16-5-4-6-18(9-16)22(35)13-32-15-31-23-21(11-29)26-33-12-19(30)10-20-17(2)7-8-28(3,25(20)33)14-34(26)24(23)27(32)36;1-2/h4-9,15,17,19H,10,12-14,30H2,1-3H3;1-2H3. The van der Waals surface area contributed by atoms with E-state index in [-0.39, 0.29) is 35.3 Å². The average Bonchev–Trinajstić information content (AvgIpc) is 3.22. The molecule has 8 heteroatoms. The molecule has 2 aliphatic heterocycles. The van der Waals surface area contributed by atoms with Gasteiger partial charge in [-0.1, -0.05) is 56.7 Å². The second-order valence-electron chi connectivity index (χ2n) is 10.6. The number of Topliss-reactive ketones (excluding diaryl/α,β-unsaturated/α-hetero) is 1. The van der Waals surface area contributed by atoms with Crippen LogP contribution in [0.4, 0.5) is 5.82 Å². The SMILES string of the molecule is CC.Cc1cccc(C(=O)Cn2cnc3c(C#N)c4n(c3c2=O)CC2(C)C=CC(C)C3=C2N4CC(N)C3)c1. The molecule has 2 N–H and O–H groups in total. The molecular formula is C30H34N6O2. The number of anilines is 1. The highest BCUT2D eigenvalue weighted by Crippen LogP contribution is 2.51. The molecule has 3 aromatic rings. The third-order valence-corrected chi connectivity index (χ3v) is 7.82. The summed E-state index contributed by atoms with van der Waals surface area (Å²) in [7, 11) is 0. The minimum atomic E-state index is -0.335. The maximum Gasteiger partial charge on any atom is 0.278 e. The normalized spacial score (nSPS) is 23.3. The third-order valence-electron chi connectivity index (χ3n) is 7.82. The molecule has 0 saturated carbocycles. The number of nitriles is 1. The fourth-order valence-corrected chi connectivity index (χ4v) is 6.19. The van der Waals surface area contributed by atoms with Gasteiger partial charge in [0.25, 0.3) is 5.56 Å². The Hall–Kier alpha value is -3.96. The molecule has 1 aromatic carbocycles. The van der Waals surface area contributed by atoms with Gasteiger partial charge in [-0.05, 0) is 37.8 Å². The van der Waals surface area contributed by atoms with Crippen molar-refractivity contribution in [3.8, 4) is 6.07 Å². The number of hydrogen-bond acceptors (Lipinski definition) is 6. The fourth-order valence-electron chi connectivity index (χ4n) is 6.19. The number of carbonyl (C=O) groups is 1. The zero-order valence-electron chi connectivity index (χ0n) is 22.7. The van der Waals surface area contributed by atoms with E-state index < -0.39 is 0 Å². The van der Waals surface area contributed by atoms with Gasteiger partial charge in [0.05, 0.1) is 12.9 Å². The number of aromatic nitrogens is 3. The molecule has 6 rings (SSSR count). The Balaban J connectivity index is 0.00000144. The molecule has 38 heavy (non-hydrogen) atoms. The molecule has 3 aliphatic rings. The van der Waals surface area contributed by atoms with E-state index in [1.165, 1.54) is 22.2 Å². The lowest BCUT2D eigenvalue weighted by Crippen LogP contribution is -2.52. The summed E-state index contributed by atoms with van der Waals surface area (Å²) in [6, 6.07) is 9.56.